The molecule has 0 saturated heterocycles. The molecule has 0 spiro atoms. The van der Waals surface area contributed by atoms with Crippen LogP contribution in [0, 0.1) is 11.6 Å². The van der Waals surface area contributed by atoms with E-state index in [9.17, 15) is 8.78 Å². The number of H-pyrrole nitrogens is 1. The van der Waals surface area contributed by atoms with E-state index in [4.69, 9.17) is 11.6 Å². The number of fused-ring (bicyclic) bond motifs is 2. The van der Waals surface area contributed by atoms with Crippen LogP contribution in [0.4, 0.5) is 14.6 Å². The number of pyridine rings is 1. The van der Waals surface area contributed by atoms with E-state index < -0.39 is 11.6 Å². The van der Waals surface area contributed by atoms with Crippen LogP contribution < -0.4 is 5.32 Å². The fraction of sp³-hybridized carbons (Fsp3) is 0.0909. The van der Waals surface area contributed by atoms with E-state index in [1.165, 1.54) is 24.5 Å². The first-order valence-electron chi connectivity index (χ1n) is 9.51. The van der Waals surface area contributed by atoms with Crippen LogP contribution in [0.1, 0.15) is 5.56 Å². The Bertz CT molecular complexity index is 1400. The van der Waals surface area contributed by atoms with Crippen LogP contribution in [0.5, 0.6) is 0 Å². The average molecular weight is 437 g/mol. The van der Waals surface area contributed by atoms with Crippen molar-refractivity contribution in [2.45, 2.75) is 6.42 Å². The molecule has 0 radical (unpaired) electrons. The van der Waals surface area contributed by atoms with Crippen LogP contribution >= 0.6 is 11.6 Å². The first-order chi connectivity index (χ1) is 15.1. The van der Waals surface area contributed by atoms with Gasteiger partial charge in [-0.3, -0.25) is 0 Å². The molecule has 0 saturated carbocycles. The Morgan fingerprint density at radius 1 is 1.00 bits per heavy atom. The van der Waals surface area contributed by atoms with Crippen molar-refractivity contribution in [1.29, 1.82) is 0 Å². The summed E-state index contributed by atoms with van der Waals surface area (Å²) >= 11 is 6.05. The highest BCUT2D eigenvalue weighted by Crippen LogP contribution is 2.30. The fourth-order valence-corrected chi connectivity index (χ4v) is 3.77. The Kier molecular flexibility index (Phi) is 4.91. The smallest absolute Gasteiger partial charge is 0.162 e. The molecule has 5 rings (SSSR count). The lowest BCUT2D eigenvalue weighted by Crippen LogP contribution is -2.09. The summed E-state index contributed by atoms with van der Waals surface area (Å²) in [4.78, 5) is 20.0. The molecule has 0 atom stereocenters. The monoisotopic (exact) mass is 436 g/mol. The van der Waals surface area contributed by atoms with Crippen molar-refractivity contribution < 1.29 is 8.78 Å². The maximum atomic E-state index is 14.4. The zero-order valence-electron chi connectivity index (χ0n) is 16.0. The summed E-state index contributed by atoms with van der Waals surface area (Å²) in [5, 5.41) is 4.16. The first-order valence-corrected chi connectivity index (χ1v) is 9.89. The molecule has 0 aliphatic carbocycles. The van der Waals surface area contributed by atoms with Crippen LogP contribution in [0.3, 0.4) is 0 Å². The third kappa shape index (κ3) is 3.77. The topological polar surface area (TPSA) is 79.4 Å². The number of benzene rings is 2. The molecule has 2 N–H and O–H groups in total. The summed E-state index contributed by atoms with van der Waals surface area (Å²) in [5.74, 6) is -0.321. The molecule has 2 aromatic carbocycles. The van der Waals surface area contributed by atoms with Gasteiger partial charge >= 0.3 is 0 Å². The summed E-state index contributed by atoms with van der Waals surface area (Å²) in [5.41, 5.74) is 3.28. The second kappa shape index (κ2) is 7.88. The van der Waals surface area contributed by atoms with Crippen molar-refractivity contribution >= 4 is 39.5 Å². The Morgan fingerprint density at radius 2 is 1.90 bits per heavy atom. The Morgan fingerprint density at radius 3 is 2.77 bits per heavy atom. The second-order valence-electron chi connectivity index (χ2n) is 6.96. The zero-order chi connectivity index (χ0) is 21.4. The standard InChI is InChI=1S/C22H15ClF2N6/c23-15-7-14(8-16(24)9-15)18-13(6-12-2-1-3-17(25)19(12)31-18)4-5-26-21-20-22(28-10-27-20)30-11-29-21/h1-3,6-11H,4-5H2,(H2,26,27,28,29,30). The Labute approximate surface area is 180 Å². The summed E-state index contributed by atoms with van der Waals surface area (Å²) in [6.45, 7) is 0.498. The lowest BCUT2D eigenvalue weighted by molar-refractivity contribution is 0.628. The lowest BCUT2D eigenvalue weighted by atomic mass is 10.0. The number of nitrogens with zero attached hydrogens (tertiary/aromatic N) is 4. The molecular weight excluding hydrogens is 422 g/mol. The predicted molar refractivity (Wildman–Crippen MR) is 116 cm³/mol. The van der Waals surface area contributed by atoms with Crippen LogP contribution in [-0.2, 0) is 6.42 Å². The number of hydrogen-bond acceptors (Lipinski definition) is 5. The third-order valence-corrected chi connectivity index (χ3v) is 5.13. The highest BCUT2D eigenvalue weighted by Gasteiger charge is 2.14. The van der Waals surface area contributed by atoms with E-state index in [1.54, 1.807) is 24.5 Å². The molecule has 0 fully saturated rings. The molecule has 0 unspecified atom stereocenters. The van der Waals surface area contributed by atoms with Crippen molar-refractivity contribution in [2.24, 2.45) is 0 Å². The number of aromatic nitrogens is 5. The number of para-hydroxylation sites is 1. The van der Waals surface area contributed by atoms with E-state index in [2.05, 4.69) is 30.2 Å². The minimum absolute atomic E-state index is 0.226. The van der Waals surface area contributed by atoms with E-state index >= 15 is 0 Å². The molecule has 6 nitrogen and oxygen atoms in total. The average Bonchev–Trinajstić information content (AvgIpc) is 3.23. The van der Waals surface area contributed by atoms with Crippen molar-refractivity contribution in [3.63, 3.8) is 0 Å². The second-order valence-corrected chi connectivity index (χ2v) is 7.40. The van der Waals surface area contributed by atoms with Gasteiger partial charge in [0.05, 0.1) is 12.0 Å². The Hall–Kier alpha value is -3.65. The van der Waals surface area contributed by atoms with Gasteiger partial charge in [0.2, 0.25) is 0 Å². The van der Waals surface area contributed by atoms with Gasteiger partial charge in [-0.1, -0.05) is 23.7 Å². The number of nitrogens with one attached hydrogen (secondary N) is 2. The van der Waals surface area contributed by atoms with E-state index in [-0.39, 0.29) is 10.5 Å². The van der Waals surface area contributed by atoms with Gasteiger partial charge in [0.25, 0.3) is 0 Å². The zero-order valence-corrected chi connectivity index (χ0v) is 16.8. The molecular formula is C22H15ClF2N6. The van der Waals surface area contributed by atoms with Crippen molar-refractivity contribution in [3.05, 3.63) is 77.3 Å². The molecule has 3 heterocycles. The van der Waals surface area contributed by atoms with Crippen LogP contribution in [0.2, 0.25) is 5.02 Å². The third-order valence-electron chi connectivity index (χ3n) is 4.92. The molecule has 5 aromatic rings. The fourth-order valence-electron chi connectivity index (χ4n) is 3.55. The maximum absolute atomic E-state index is 14.4. The van der Waals surface area contributed by atoms with E-state index in [0.717, 1.165) is 5.56 Å². The van der Waals surface area contributed by atoms with Gasteiger partial charge in [-0.2, -0.15) is 0 Å². The van der Waals surface area contributed by atoms with E-state index in [1.807, 2.05) is 6.07 Å². The molecule has 154 valence electrons. The number of anilines is 1. The van der Waals surface area contributed by atoms with Crippen molar-refractivity contribution in [3.8, 4) is 11.3 Å². The summed E-state index contributed by atoms with van der Waals surface area (Å²) in [7, 11) is 0. The predicted octanol–water partition coefficient (Wildman–Crippen LogP) is 5.15. The molecule has 0 bridgehead atoms. The highest BCUT2D eigenvalue weighted by atomic mass is 35.5. The number of imidazole rings is 1. The number of aromatic amines is 1. The molecule has 0 aliphatic rings. The quantitative estimate of drug-likeness (QED) is 0.398. The number of halogens is 3. The largest absolute Gasteiger partial charge is 0.368 e. The van der Waals surface area contributed by atoms with E-state index in [0.29, 0.717) is 46.6 Å². The van der Waals surface area contributed by atoms with Gasteiger partial charge in [0, 0.05) is 22.5 Å². The summed E-state index contributed by atoms with van der Waals surface area (Å²) in [6, 6.07) is 10.8. The van der Waals surface area contributed by atoms with Crippen LogP contribution in [0.25, 0.3) is 33.3 Å². The van der Waals surface area contributed by atoms with Crippen LogP contribution in [-0.4, -0.2) is 31.5 Å². The molecule has 9 heteroatoms. The SMILES string of the molecule is Fc1cc(Cl)cc(-c2nc3c(F)cccc3cc2CCNc2ncnc3[nH]cnc23)c1. The molecule has 0 aliphatic heterocycles. The van der Waals surface area contributed by atoms with Crippen molar-refractivity contribution in [1.82, 2.24) is 24.9 Å². The maximum Gasteiger partial charge on any atom is 0.162 e. The molecule has 31 heavy (non-hydrogen) atoms. The minimum atomic E-state index is -0.482. The lowest BCUT2D eigenvalue weighted by Gasteiger charge is -2.13. The molecule has 3 aromatic heterocycles. The van der Waals surface area contributed by atoms with Gasteiger partial charge < -0.3 is 10.3 Å². The first kappa shape index (κ1) is 19.3. The highest BCUT2D eigenvalue weighted by molar-refractivity contribution is 6.30. The number of hydrogen-bond donors (Lipinski definition) is 2. The van der Waals surface area contributed by atoms with Gasteiger partial charge in [-0.05, 0) is 42.3 Å². The van der Waals surface area contributed by atoms with Gasteiger partial charge in [-0.15, -0.1) is 0 Å². The van der Waals surface area contributed by atoms with Gasteiger partial charge in [0.15, 0.2) is 11.5 Å². The summed E-state index contributed by atoms with van der Waals surface area (Å²) in [6.07, 6.45) is 3.53. The Balaban J connectivity index is 1.52. The normalized spacial score (nSPS) is 11.3. The van der Waals surface area contributed by atoms with Gasteiger partial charge in [0.1, 0.15) is 29.0 Å². The van der Waals surface area contributed by atoms with Crippen LogP contribution in [0.15, 0.2) is 55.1 Å². The van der Waals surface area contributed by atoms with Crippen molar-refractivity contribution in [2.75, 3.05) is 11.9 Å². The number of rotatable bonds is 5. The minimum Gasteiger partial charge on any atom is -0.368 e. The molecule has 0 amide bonds. The summed E-state index contributed by atoms with van der Waals surface area (Å²) < 4.78 is 28.4. The van der Waals surface area contributed by atoms with Gasteiger partial charge in [-0.25, -0.2) is 28.7 Å².